The van der Waals surface area contributed by atoms with Crippen molar-refractivity contribution < 1.29 is 64.8 Å². The average Bonchev–Trinajstić information content (AvgIpc) is 0.794. The van der Waals surface area contributed by atoms with Crippen molar-refractivity contribution in [3.63, 3.8) is 0 Å². The monoisotopic (exact) mass is 2090 g/mol. The molecule has 0 bridgehead atoms. The summed E-state index contributed by atoms with van der Waals surface area (Å²) in [6, 6.07) is 41.8. The third-order valence-electron chi connectivity index (χ3n) is 17.1. The molecule has 8 aromatic carbocycles. The van der Waals surface area contributed by atoms with Crippen LogP contribution in [-0.2, 0) is 28.2 Å². The highest BCUT2D eigenvalue weighted by Gasteiger charge is 2.28. The predicted molar refractivity (Wildman–Crippen MR) is 472 cm³/mol. The van der Waals surface area contributed by atoms with Gasteiger partial charge in [0.25, 0.3) is 45.9 Å². The molecular weight excluding hydrogens is 2020 g/mol. The maximum atomic E-state index is 14.4. The minimum absolute atomic E-state index is 0.00309. The number of benzene rings is 8. The van der Waals surface area contributed by atoms with E-state index in [1.807, 2.05) is 97.3 Å². The van der Waals surface area contributed by atoms with Crippen molar-refractivity contribution in [2.24, 2.45) is 51.1 Å². The number of pyridine rings is 4. The summed E-state index contributed by atoms with van der Waals surface area (Å²) < 4.78 is 107. The number of rotatable bonds is 21. The summed E-state index contributed by atoms with van der Waals surface area (Å²) in [5.41, 5.74) is 22.9. The molecule has 117 heavy (non-hydrogen) atoms. The van der Waals surface area contributed by atoms with Gasteiger partial charge in [-0.15, -0.1) is 0 Å². The van der Waals surface area contributed by atoms with Gasteiger partial charge in [0.15, 0.2) is 11.6 Å². The van der Waals surface area contributed by atoms with E-state index in [1.54, 1.807) is 106 Å². The number of hydrogen-bond acceptors (Lipinski definition) is 17. The fourth-order valence-electron chi connectivity index (χ4n) is 10.9. The first-order valence-electron chi connectivity index (χ1n) is 33.9. The first kappa shape index (κ1) is 89.7. The largest absolute Gasteiger partial charge is 0.496 e. The predicted octanol–water partition coefficient (Wildman–Crippen LogP) is 17.7. The molecule has 0 atom stereocenters. The molecular formula is C81H67Cl2F5I4N12O13. The molecule has 12 rings (SSSR count). The van der Waals surface area contributed by atoms with Gasteiger partial charge in [-0.3, -0.25) is 56.6 Å². The highest BCUT2D eigenvalue weighted by Crippen LogP contribution is 2.40. The molecule has 0 saturated heterocycles. The Morgan fingerprint density at radius 3 is 0.915 bits per heavy atom. The van der Waals surface area contributed by atoms with E-state index in [1.165, 1.54) is 101 Å². The molecule has 36 heteroatoms. The smallest absolute Gasteiger partial charge is 0.256 e. The molecule has 0 fully saturated rings. The zero-order valence-corrected chi connectivity index (χ0v) is 72.9. The van der Waals surface area contributed by atoms with Crippen molar-refractivity contribution in [3.8, 4) is 51.7 Å². The molecule has 0 aliphatic rings. The molecule has 0 aliphatic carbocycles. The number of amides is 4. The van der Waals surface area contributed by atoms with Crippen LogP contribution in [0, 0.1) is 71.1 Å². The Morgan fingerprint density at radius 1 is 0.333 bits per heavy atom. The van der Waals surface area contributed by atoms with Crippen molar-refractivity contribution in [2.45, 2.75) is 27.7 Å². The minimum Gasteiger partial charge on any atom is -0.496 e. The quantitative estimate of drug-likeness (QED) is 0.0245. The van der Waals surface area contributed by atoms with Crippen LogP contribution in [0.5, 0.6) is 51.7 Å². The van der Waals surface area contributed by atoms with Crippen LogP contribution in [0.2, 0.25) is 10.0 Å². The summed E-state index contributed by atoms with van der Waals surface area (Å²) in [7, 11) is 7.23. The number of nitrogens with one attached hydrogen (secondary N) is 4. The molecule has 12 N–H and O–H groups in total. The minimum atomic E-state index is -0.934. The molecule has 0 aliphatic heterocycles. The van der Waals surface area contributed by atoms with Crippen LogP contribution in [-0.4, -0.2) is 49.0 Å². The van der Waals surface area contributed by atoms with Gasteiger partial charge in [0.2, 0.25) is 0 Å². The SMILES string of the molecule is COc1cccc(Oc2cc(=O)n(C)c(Nc3ccc(I)cc3F)c2C(N)=O)c1C.Cc1c(Cl)cccc1Oc1cc(=O)n(C)c(Nc2ccc(I)cc2F)c1C(N)=O.Cc1ccc(Oc2cc(=O)n(C)c(Nc3ccc(I)cc3F)c2C(N)=O)c(Cl)c1.Cc1ccc(Oc2cc(=O)n(C)c(Nc3ccc(I)cc3F)c2C(N)=O)c(F)c1. The van der Waals surface area contributed by atoms with Crippen molar-refractivity contribution in [1.29, 1.82) is 0 Å². The van der Waals surface area contributed by atoms with E-state index >= 15 is 0 Å². The maximum absolute atomic E-state index is 14.4. The van der Waals surface area contributed by atoms with E-state index in [4.69, 9.17) is 69.8 Å². The Kier molecular flexibility index (Phi) is 30.0. The first-order chi connectivity index (χ1) is 55.2. The molecule has 0 radical (unpaired) electrons. The second-order valence-corrected chi connectivity index (χ2v) is 31.0. The Hall–Kier alpha value is -11.2. The zero-order valence-electron chi connectivity index (χ0n) is 62.7. The van der Waals surface area contributed by atoms with Crippen LogP contribution in [0.3, 0.4) is 0 Å². The summed E-state index contributed by atoms with van der Waals surface area (Å²) in [6.45, 7) is 7.08. The van der Waals surface area contributed by atoms with E-state index in [0.29, 0.717) is 58.3 Å². The Morgan fingerprint density at radius 2 is 0.615 bits per heavy atom. The van der Waals surface area contributed by atoms with Gasteiger partial charge in [-0.25, -0.2) is 22.0 Å². The number of anilines is 8. The molecule has 12 aromatic rings. The zero-order chi connectivity index (χ0) is 85.9. The molecule has 0 saturated carbocycles. The van der Waals surface area contributed by atoms with Gasteiger partial charge in [0.1, 0.15) is 115 Å². The Labute approximate surface area is 727 Å². The second kappa shape index (κ2) is 39.2. The van der Waals surface area contributed by atoms with E-state index in [-0.39, 0.29) is 103 Å². The summed E-state index contributed by atoms with van der Waals surface area (Å²) in [6.07, 6.45) is 0. The van der Waals surface area contributed by atoms with Gasteiger partial charge in [-0.05, 0) is 251 Å². The van der Waals surface area contributed by atoms with E-state index in [0.717, 1.165) is 43.5 Å². The van der Waals surface area contributed by atoms with Gasteiger partial charge in [-0.2, -0.15) is 0 Å². The normalized spacial score (nSPS) is 10.6. The third kappa shape index (κ3) is 21.9. The number of carbonyl (C=O) groups excluding carboxylic acids is 4. The van der Waals surface area contributed by atoms with Crippen molar-refractivity contribution >= 4 is 183 Å². The van der Waals surface area contributed by atoms with Crippen LogP contribution in [0.1, 0.15) is 63.7 Å². The summed E-state index contributed by atoms with van der Waals surface area (Å²) >= 11 is 20.2. The lowest BCUT2D eigenvalue weighted by molar-refractivity contribution is 0.0989. The van der Waals surface area contributed by atoms with Crippen molar-refractivity contribution in [1.82, 2.24) is 18.3 Å². The molecule has 0 spiro atoms. The van der Waals surface area contributed by atoms with Crippen LogP contribution in [0.4, 0.5) is 68.0 Å². The number of methoxy groups -OCH3 is 1. The Balaban J connectivity index is 0.000000178. The number of halogens is 11. The molecule has 606 valence electrons. The lowest BCUT2D eigenvalue weighted by Crippen LogP contribution is -2.25. The lowest BCUT2D eigenvalue weighted by Gasteiger charge is -2.19. The fourth-order valence-corrected chi connectivity index (χ4v) is 13.2. The van der Waals surface area contributed by atoms with Gasteiger partial charge in [0, 0.05) is 82.9 Å². The first-order valence-corrected chi connectivity index (χ1v) is 39.0. The highest BCUT2D eigenvalue weighted by molar-refractivity contribution is 14.1. The van der Waals surface area contributed by atoms with E-state index in [9.17, 15) is 60.3 Å². The van der Waals surface area contributed by atoms with Crippen LogP contribution >= 0.6 is 114 Å². The molecule has 4 amide bonds. The van der Waals surface area contributed by atoms with Crippen molar-refractivity contribution in [2.75, 3.05) is 28.4 Å². The summed E-state index contributed by atoms with van der Waals surface area (Å²) in [5, 5.41) is 11.9. The highest BCUT2D eigenvalue weighted by atomic mass is 127. The molecule has 25 nitrogen and oxygen atoms in total. The topological polar surface area (TPSA) is 355 Å². The van der Waals surface area contributed by atoms with Gasteiger partial charge < -0.3 is 67.9 Å². The summed E-state index contributed by atoms with van der Waals surface area (Å²) in [5.74, 6) is -5.43. The average molecular weight is 2090 g/mol. The van der Waals surface area contributed by atoms with Gasteiger partial charge in [-0.1, -0.05) is 47.5 Å². The Bertz CT molecular complexity index is 6030. The standard InChI is InChI=1S/C21H19FIN3O4.2C20H16ClFIN3O3.C20H16F2IN3O3/c1-11-15(29-3)5-4-6-16(11)30-17-10-18(27)26(2)21(19(17)20(24)28)25-14-8-7-12(23)9-13(14)22;1-10-3-6-15(12(21)7-10)29-16-9-17(27)26(2)20(18(16)19(24)28)25-14-5-4-11(23)8-13(14)22;1-10-12(21)4-3-5-15(10)29-16-9-17(27)26(2)20(18(16)19(24)28)25-14-7-6-11(23)8-13(14)22;1-10-3-6-15(13(22)7-10)29-16-9-17(27)26(2)20(18(16)19(24)28)25-14-5-4-11(23)8-12(14)21/h4-10,25H,1-3H3,(H2,24,28);3*3-9,25H,1-2H3,(H2,24,28). The number of aryl methyl sites for hydroxylation is 2. The maximum Gasteiger partial charge on any atom is 0.256 e. The lowest BCUT2D eigenvalue weighted by atomic mass is 10.1. The fraction of sp³-hybridized carbons (Fsp3) is 0.111. The molecule has 0 unspecified atom stereocenters. The summed E-state index contributed by atoms with van der Waals surface area (Å²) in [4.78, 5) is 98.8. The van der Waals surface area contributed by atoms with Gasteiger partial charge in [0.05, 0.1) is 34.9 Å². The van der Waals surface area contributed by atoms with E-state index < -0.39 is 75.0 Å². The number of ether oxygens (including phenoxy) is 5. The number of hydrogen-bond donors (Lipinski definition) is 8. The molecule has 4 heterocycles. The third-order valence-corrected chi connectivity index (χ3v) is 20.5. The van der Waals surface area contributed by atoms with Crippen LogP contribution < -0.4 is 90.1 Å². The van der Waals surface area contributed by atoms with Crippen molar-refractivity contribution in [3.05, 3.63) is 309 Å². The number of aromatic nitrogens is 4. The van der Waals surface area contributed by atoms with E-state index in [2.05, 4.69) is 21.3 Å². The number of primary amides is 4. The van der Waals surface area contributed by atoms with Gasteiger partial charge >= 0.3 is 0 Å². The van der Waals surface area contributed by atoms with Crippen LogP contribution in [0.15, 0.2) is 189 Å². The number of nitrogens with zero attached hydrogens (tertiary/aromatic N) is 4. The van der Waals surface area contributed by atoms with Crippen LogP contribution in [0.25, 0.3) is 0 Å². The number of nitrogens with two attached hydrogens (primary N) is 4. The number of carbonyl (C=O) groups is 4. The second-order valence-electron chi connectivity index (χ2n) is 25.2. The molecule has 4 aromatic heterocycles.